The average Bonchev–Trinajstić information content (AvgIpc) is 2.17. The number of hydrogen-bond acceptors (Lipinski definition) is 5. The Kier molecular flexibility index (Phi) is 8.17. The summed E-state index contributed by atoms with van der Waals surface area (Å²) in [4.78, 5) is 3.95. The van der Waals surface area contributed by atoms with Crippen LogP contribution in [-0.2, 0) is 16.5 Å². The Balaban J connectivity index is 0.00000225. The number of nitrogens with one attached hydrogen (secondary N) is 1. The smallest absolute Gasteiger partial charge is 0.748 e. The molecular formula is C9H13N2NaO3S. The summed E-state index contributed by atoms with van der Waals surface area (Å²) in [5.41, 5.74) is 1.08. The van der Waals surface area contributed by atoms with Crippen LogP contribution >= 0.6 is 0 Å². The van der Waals surface area contributed by atoms with Crippen molar-refractivity contribution in [3.8, 4) is 0 Å². The van der Waals surface area contributed by atoms with E-state index < -0.39 is 10.1 Å². The fourth-order valence-electron chi connectivity index (χ4n) is 1.10. The number of pyridine rings is 1. The summed E-state index contributed by atoms with van der Waals surface area (Å²) < 4.78 is 30.8. The van der Waals surface area contributed by atoms with E-state index in [1.165, 1.54) is 0 Å². The molecule has 0 saturated carbocycles. The topological polar surface area (TPSA) is 82.1 Å². The normalized spacial score (nSPS) is 10.8. The van der Waals surface area contributed by atoms with Gasteiger partial charge in [0.05, 0.1) is 15.9 Å². The second kappa shape index (κ2) is 8.16. The van der Waals surface area contributed by atoms with Crippen LogP contribution < -0.4 is 34.9 Å². The number of hydrogen-bond donors (Lipinski definition) is 1. The Hall–Kier alpha value is 0.0200. The van der Waals surface area contributed by atoms with E-state index in [4.69, 9.17) is 0 Å². The Morgan fingerprint density at radius 1 is 1.38 bits per heavy atom. The monoisotopic (exact) mass is 252 g/mol. The molecule has 7 heteroatoms. The molecule has 0 aliphatic heterocycles. The van der Waals surface area contributed by atoms with Crippen molar-refractivity contribution in [3.05, 3.63) is 30.1 Å². The van der Waals surface area contributed by atoms with Crippen LogP contribution in [0.5, 0.6) is 0 Å². The van der Waals surface area contributed by atoms with Crippen LogP contribution in [0.2, 0.25) is 0 Å². The molecule has 16 heavy (non-hydrogen) atoms. The van der Waals surface area contributed by atoms with Crippen LogP contribution in [-0.4, -0.2) is 36.8 Å². The van der Waals surface area contributed by atoms with Crippen molar-refractivity contribution in [2.75, 3.05) is 18.8 Å². The maximum atomic E-state index is 10.3. The molecule has 0 radical (unpaired) electrons. The van der Waals surface area contributed by atoms with Crippen molar-refractivity contribution >= 4 is 10.1 Å². The summed E-state index contributed by atoms with van der Waals surface area (Å²) in [5.74, 6) is -0.361. The summed E-state index contributed by atoms with van der Waals surface area (Å²) in [7, 11) is -4.09. The third-order valence-electron chi connectivity index (χ3n) is 1.84. The Morgan fingerprint density at radius 3 is 2.69 bits per heavy atom. The second-order valence-electron chi connectivity index (χ2n) is 3.12. The van der Waals surface area contributed by atoms with E-state index in [2.05, 4.69) is 10.3 Å². The van der Waals surface area contributed by atoms with Gasteiger partial charge in [-0.2, -0.15) is 0 Å². The zero-order valence-electron chi connectivity index (χ0n) is 9.22. The first-order valence-electron chi connectivity index (χ1n) is 4.61. The molecule has 0 unspecified atom stereocenters. The fourth-order valence-corrected chi connectivity index (χ4v) is 1.50. The third kappa shape index (κ3) is 8.20. The summed E-state index contributed by atoms with van der Waals surface area (Å²) in [5, 5.41) is 2.88. The zero-order chi connectivity index (χ0) is 11.1. The van der Waals surface area contributed by atoms with Gasteiger partial charge in [0.15, 0.2) is 0 Å². The molecule has 0 spiro atoms. The molecule has 1 N–H and O–H groups in total. The van der Waals surface area contributed by atoms with Crippen molar-refractivity contribution in [3.63, 3.8) is 0 Å². The molecule has 84 valence electrons. The van der Waals surface area contributed by atoms with E-state index >= 15 is 0 Å². The predicted molar refractivity (Wildman–Crippen MR) is 55.4 cm³/mol. The quantitative estimate of drug-likeness (QED) is 0.327. The molecule has 0 saturated heterocycles. The molecule has 0 aliphatic rings. The van der Waals surface area contributed by atoms with Crippen molar-refractivity contribution in [1.82, 2.24) is 10.3 Å². The average molecular weight is 252 g/mol. The molecule has 0 aliphatic carbocycles. The van der Waals surface area contributed by atoms with Gasteiger partial charge in [-0.05, 0) is 24.6 Å². The first kappa shape index (κ1) is 16.0. The molecule has 0 amide bonds. The van der Waals surface area contributed by atoms with E-state index in [9.17, 15) is 13.0 Å². The summed E-state index contributed by atoms with van der Waals surface area (Å²) in [6, 6.07) is 3.79. The minimum Gasteiger partial charge on any atom is -0.748 e. The van der Waals surface area contributed by atoms with Gasteiger partial charge in [0.1, 0.15) is 0 Å². The van der Waals surface area contributed by atoms with Gasteiger partial charge in [0.25, 0.3) is 0 Å². The first-order valence-corrected chi connectivity index (χ1v) is 6.19. The van der Waals surface area contributed by atoms with Crippen LogP contribution in [0.1, 0.15) is 5.56 Å². The van der Waals surface area contributed by atoms with Crippen LogP contribution in [0.3, 0.4) is 0 Å². The summed E-state index contributed by atoms with van der Waals surface area (Å²) in [6.07, 6.45) is 4.22. The van der Waals surface area contributed by atoms with E-state index in [0.29, 0.717) is 6.54 Å². The largest absolute Gasteiger partial charge is 1.00 e. The van der Waals surface area contributed by atoms with Crippen LogP contribution in [0.25, 0.3) is 0 Å². The van der Waals surface area contributed by atoms with Gasteiger partial charge in [0.2, 0.25) is 0 Å². The molecule has 0 aromatic carbocycles. The molecule has 1 aromatic rings. The number of rotatable bonds is 6. The summed E-state index contributed by atoms with van der Waals surface area (Å²) in [6.45, 7) is 0.841. The van der Waals surface area contributed by atoms with E-state index in [0.717, 1.165) is 12.0 Å². The molecular weight excluding hydrogens is 239 g/mol. The molecule has 1 heterocycles. The maximum absolute atomic E-state index is 10.3. The van der Waals surface area contributed by atoms with Gasteiger partial charge in [0, 0.05) is 18.9 Å². The van der Waals surface area contributed by atoms with E-state index in [1.807, 2.05) is 12.1 Å². The molecule has 5 nitrogen and oxygen atoms in total. The van der Waals surface area contributed by atoms with Crippen LogP contribution in [0.4, 0.5) is 0 Å². The van der Waals surface area contributed by atoms with Gasteiger partial charge >= 0.3 is 29.6 Å². The van der Waals surface area contributed by atoms with E-state index in [1.54, 1.807) is 12.4 Å². The molecule has 0 atom stereocenters. The minimum atomic E-state index is -4.09. The van der Waals surface area contributed by atoms with Crippen LogP contribution in [0.15, 0.2) is 24.5 Å². The SMILES string of the molecule is O=S(=O)([O-])CCNCCc1cccnc1.[Na+]. The molecule has 1 rings (SSSR count). The number of nitrogens with zero attached hydrogens (tertiary/aromatic N) is 1. The van der Waals surface area contributed by atoms with Crippen molar-refractivity contribution in [2.45, 2.75) is 6.42 Å². The standard InChI is InChI=1S/C9H14N2O3S.Na/c12-15(13,14)7-6-10-5-3-9-2-1-4-11-8-9;/h1-2,4,8,10H,3,5-7H2,(H,12,13,14);/q;+1/p-1. The Morgan fingerprint density at radius 2 is 2.12 bits per heavy atom. The molecule has 1 aromatic heterocycles. The Bertz CT molecular complexity index is 383. The van der Waals surface area contributed by atoms with Crippen molar-refractivity contribution < 1.29 is 42.5 Å². The predicted octanol–water partition coefficient (Wildman–Crippen LogP) is -3.24. The second-order valence-corrected chi connectivity index (χ2v) is 4.65. The maximum Gasteiger partial charge on any atom is 1.00 e. The zero-order valence-corrected chi connectivity index (χ0v) is 12.0. The summed E-state index contributed by atoms with van der Waals surface area (Å²) >= 11 is 0. The fraction of sp³-hybridized carbons (Fsp3) is 0.444. The van der Waals surface area contributed by atoms with Gasteiger partial charge in [-0.25, -0.2) is 8.42 Å². The number of aromatic nitrogens is 1. The van der Waals surface area contributed by atoms with Gasteiger partial charge < -0.3 is 9.87 Å². The van der Waals surface area contributed by atoms with Gasteiger partial charge in [-0.3, -0.25) is 4.98 Å². The Labute approximate surface area is 118 Å². The molecule has 0 bridgehead atoms. The van der Waals surface area contributed by atoms with Gasteiger partial charge in [-0.15, -0.1) is 0 Å². The third-order valence-corrected chi connectivity index (χ3v) is 2.55. The first-order chi connectivity index (χ1) is 7.08. The van der Waals surface area contributed by atoms with Gasteiger partial charge in [-0.1, -0.05) is 6.07 Å². The van der Waals surface area contributed by atoms with Crippen molar-refractivity contribution in [2.24, 2.45) is 0 Å². The molecule has 0 fully saturated rings. The van der Waals surface area contributed by atoms with E-state index in [-0.39, 0.29) is 41.9 Å². The minimum absolute atomic E-state index is 0. The van der Waals surface area contributed by atoms with Crippen LogP contribution in [0, 0.1) is 0 Å². The van der Waals surface area contributed by atoms with Crippen molar-refractivity contribution in [1.29, 1.82) is 0 Å².